The van der Waals surface area contributed by atoms with Crippen LogP contribution in [0.2, 0.25) is 0 Å². The van der Waals surface area contributed by atoms with Gasteiger partial charge in [-0.1, -0.05) is 0 Å². The number of nitrogens with zero attached hydrogens (tertiary/aromatic N) is 3. The van der Waals surface area contributed by atoms with Crippen LogP contribution in [0.1, 0.15) is 48.4 Å². The number of H-pyrrole nitrogens is 1. The van der Waals surface area contributed by atoms with Crippen molar-refractivity contribution in [3.63, 3.8) is 0 Å². The van der Waals surface area contributed by atoms with Gasteiger partial charge < -0.3 is 15.5 Å². The summed E-state index contributed by atoms with van der Waals surface area (Å²) < 4.78 is 0. The molecule has 2 heterocycles. The number of aromatic amines is 1. The Kier molecular flexibility index (Phi) is 4.39. The molecule has 0 unspecified atom stereocenters. The molecule has 0 spiro atoms. The molecule has 3 N–H and O–H groups in total. The first kappa shape index (κ1) is 16.0. The van der Waals surface area contributed by atoms with Crippen molar-refractivity contribution in [2.24, 2.45) is 5.73 Å². The Hall–Kier alpha value is -1.89. The predicted octanol–water partition coefficient (Wildman–Crippen LogP) is 0.309. The maximum absolute atomic E-state index is 12.9. The molecule has 1 fully saturated rings. The Bertz CT molecular complexity index is 608. The lowest BCUT2D eigenvalue weighted by Gasteiger charge is -2.28. The van der Waals surface area contributed by atoms with Crippen LogP contribution in [0.5, 0.6) is 0 Å². The third-order valence-electron chi connectivity index (χ3n) is 4.96. The number of likely N-dealkylation sites (tertiary alicyclic amines) is 1. The van der Waals surface area contributed by atoms with Gasteiger partial charge in [-0.25, -0.2) is 0 Å². The third-order valence-corrected chi connectivity index (χ3v) is 4.96. The molecule has 7 nitrogen and oxygen atoms in total. The highest BCUT2D eigenvalue weighted by Gasteiger charge is 2.41. The summed E-state index contributed by atoms with van der Waals surface area (Å²) in [6, 6.07) is -0.624. The van der Waals surface area contributed by atoms with Crippen molar-refractivity contribution < 1.29 is 9.59 Å². The molecule has 1 saturated heterocycles. The maximum atomic E-state index is 12.9. The minimum Gasteiger partial charge on any atom is -0.341 e. The van der Waals surface area contributed by atoms with Gasteiger partial charge in [-0.3, -0.25) is 14.7 Å². The molecular formula is C16H25N5O2. The number of hydrogen-bond donors (Lipinski definition) is 2. The highest BCUT2D eigenvalue weighted by molar-refractivity contribution is 5.98. The third kappa shape index (κ3) is 2.73. The fourth-order valence-corrected chi connectivity index (χ4v) is 3.71. The molecule has 7 heteroatoms. The number of aromatic nitrogens is 2. The summed E-state index contributed by atoms with van der Waals surface area (Å²) in [5, 5.41) is 7.17. The molecule has 23 heavy (non-hydrogen) atoms. The quantitative estimate of drug-likeness (QED) is 0.835. The van der Waals surface area contributed by atoms with Crippen LogP contribution in [0.25, 0.3) is 0 Å². The van der Waals surface area contributed by atoms with Gasteiger partial charge in [-0.15, -0.1) is 0 Å². The largest absolute Gasteiger partial charge is 0.341 e. The second-order valence-electron chi connectivity index (χ2n) is 6.36. The first-order chi connectivity index (χ1) is 11.1. The molecule has 2 atom stereocenters. The van der Waals surface area contributed by atoms with Crippen molar-refractivity contribution in [3.05, 3.63) is 17.0 Å². The lowest BCUT2D eigenvalue weighted by atomic mass is 10.1. The van der Waals surface area contributed by atoms with Gasteiger partial charge >= 0.3 is 0 Å². The molecule has 0 saturated carbocycles. The number of carbonyl (C=O) groups is 2. The number of hydrogen-bond acceptors (Lipinski definition) is 4. The van der Waals surface area contributed by atoms with Gasteiger partial charge in [0, 0.05) is 36.9 Å². The Morgan fingerprint density at radius 3 is 2.78 bits per heavy atom. The van der Waals surface area contributed by atoms with Gasteiger partial charge in [0.1, 0.15) is 6.04 Å². The summed E-state index contributed by atoms with van der Waals surface area (Å²) in [7, 11) is 0. The molecule has 2 amide bonds. The minimum absolute atomic E-state index is 0.0107. The average molecular weight is 319 g/mol. The van der Waals surface area contributed by atoms with Crippen molar-refractivity contribution in [1.29, 1.82) is 0 Å². The standard InChI is InChI=1S/C16H25N5O2/c1-3-20(4-2)15(22)13-8-10(17)9-21(13)16(23)14-11-6-5-7-12(11)18-19-14/h10,13H,3-9,17H2,1-2H3,(H,18,19)/t10-,13-/m0/s1. The van der Waals surface area contributed by atoms with E-state index in [0.717, 1.165) is 30.5 Å². The average Bonchev–Trinajstić information content (AvgIpc) is 3.22. The van der Waals surface area contributed by atoms with E-state index in [1.807, 2.05) is 13.8 Å². The van der Waals surface area contributed by atoms with Gasteiger partial charge in [0.25, 0.3) is 5.91 Å². The van der Waals surface area contributed by atoms with E-state index in [4.69, 9.17) is 5.73 Å². The zero-order valence-electron chi connectivity index (χ0n) is 13.8. The zero-order chi connectivity index (χ0) is 16.6. The molecule has 1 aliphatic heterocycles. The monoisotopic (exact) mass is 319 g/mol. The van der Waals surface area contributed by atoms with Crippen molar-refractivity contribution in [3.8, 4) is 0 Å². The van der Waals surface area contributed by atoms with E-state index in [9.17, 15) is 9.59 Å². The van der Waals surface area contributed by atoms with Gasteiger partial charge in [-0.2, -0.15) is 5.10 Å². The topological polar surface area (TPSA) is 95.3 Å². The van der Waals surface area contributed by atoms with Gasteiger partial charge in [-0.05, 0) is 39.5 Å². The summed E-state index contributed by atoms with van der Waals surface area (Å²) in [5.74, 6) is -0.175. The molecular weight excluding hydrogens is 294 g/mol. The Morgan fingerprint density at radius 2 is 2.09 bits per heavy atom. The van der Waals surface area contributed by atoms with Crippen molar-refractivity contribution in [1.82, 2.24) is 20.0 Å². The molecule has 1 aromatic heterocycles. The Labute approximate surface area is 136 Å². The second kappa shape index (κ2) is 6.31. The van der Waals surface area contributed by atoms with Crippen LogP contribution in [0, 0.1) is 0 Å². The number of fused-ring (bicyclic) bond motifs is 1. The minimum atomic E-state index is -0.467. The number of aryl methyl sites for hydroxylation is 1. The van der Waals surface area contributed by atoms with Gasteiger partial charge in [0.2, 0.25) is 5.91 Å². The van der Waals surface area contributed by atoms with E-state index in [-0.39, 0.29) is 17.9 Å². The number of carbonyl (C=O) groups excluding carboxylic acids is 2. The first-order valence-corrected chi connectivity index (χ1v) is 8.48. The van der Waals surface area contributed by atoms with Crippen LogP contribution in [0.15, 0.2) is 0 Å². The Balaban J connectivity index is 1.84. The van der Waals surface area contributed by atoms with E-state index in [2.05, 4.69) is 10.2 Å². The summed E-state index contributed by atoms with van der Waals surface area (Å²) in [6.45, 7) is 5.59. The van der Waals surface area contributed by atoms with Gasteiger partial charge in [0.15, 0.2) is 5.69 Å². The normalized spacial score (nSPS) is 23.2. The number of amides is 2. The molecule has 0 radical (unpaired) electrons. The highest BCUT2D eigenvalue weighted by atomic mass is 16.2. The maximum Gasteiger partial charge on any atom is 0.275 e. The molecule has 0 bridgehead atoms. The lowest BCUT2D eigenvalue weighted by molar-refractivity contribution is -0.134. The van der Waals surface area contributed by atoms with Crippen LogP contribution in [-0.4, -0.2) is 63.5 Å². The van der Waals surface area contributed by atoms with Gasteiger partial charge in [0.05, 0.1) is 0 Å². The van der Waals surface area contributed by atoms with Crippen LogP contribution in [0.4, 0.5) is 0 Å². The van der Waals surface area contributed by atoms with Crippen molar-refractivity contribution >= 4 is 11.8 Å². The van der Waals surface area contributed by atoms with E-state index in [1.165, 1.54) is 0 Å². The van der Waals surface area contributed by atoms with E-state index in [1.54, 1.807) is 9.80 Å². The summed E-state index contributed by atoms with van der Waals surface area (Å²) in [4.78, 5) is 29.1. The molecule has 3 rings (SSSR count). The Morgan fingerprint density at radius 1 is 1.35 bits per heavy atom. The van der Waals surface area contributed by atoms with Crippen molar-refractivity contribution in [2.45, 2.75) is 51.6 Å². The zero-order valence-corrected chi connectivity index (χ0v) is 13.8. The van der Waals surface area contributed by atoms with E-state index in [0.29, 0.717) is 31.7 Å². The molecule has 126 valence electrons. The molecule has 0 aromatic carbocycles. The van der Waals surface area contributed by atoms with E-state index < -0.39 is 6.04 Å². The molecule has 1 aromatic rings. The lowest BCUT2D eigenvalue weighted by Crippen LogP contribution is -2.48. The van der Waals surface area contributed by atoms with E-state index >= 15 is 0 Å². The van der Waals surface area contributed by atoms with Crippen LogP contribution in [0.3, 0.4) is 0 Å². The summed E-state index contributed by atoms with van der Waals surface area (Å²) >= 11 is 0. The summed E-state index contributed by atoms with van der Waals surface area (Å²) in [5.41, 5.74) is 8.60. The second-order valence-corrected chi connectivity index (χ2v) is 6.36. The fraction of sp³-hybridized carbons (Fsp3) is 0.688. The number of nitrogens with two attached hydrogens (primary N) is 1. The van der Waals surface area contributed by atoms with Crippen LogP contribution in [-0.2, 0) is 17.6 Å². The first-order valence-electron chi connectivity index (χ1n) is 8.48. The number of likely N-dealkylation sites (N-methyl/N-ethyl adjacent to an activating group) is 1. The van der Waals surface area contributed by atoms with Crippen molar-refractivity contribution in [2.75, 3.05) is 19.6 Å². The van der Waals surface area contributed by atoms with Crippen LogP contribution < -0.4 is 5.73 Å². The molecule has 2 aliphatic rings. The fourth-order valence-electron chi connectivity index (χ4n) is 3.71. The smallest absolute Gasteiger partial charge is 0.275 e. The SMILES string of the molecule is CCN(CC)C(=O)[C@@H]1C[C@H](N)CN1C(=O)c1n[nH]c2c1CCC2. The highest BCUT2D eigenvalue weighted by Crippen LogP contribution is 2.27. The summed E-state index contributed by atoms with van der Waals surface area (Å²) in [6.07, 6.45) is 3.39. The van der Waals surface area contributed by atoms with Crippen LogP contribution >= 0.6 is 0 Å². The molecule has 1 aliphatic carbocycles. The number of nitrogens with one attached hydrogen (secondary N) is 1. The predicted molar refractivity (Wildman–Crippen MR) is 86.0 cm³/mol. The number of rotatable bonds is 4.